The van der Waals surface area contributed by atoms with E-state index in [1.165, 1.54) is 22.0 Å². The van der Waals surface area contributed by atoms with Crippen molar-refractivity contribution in [3.05, 3.63) is 35.5 Å². The summed E-state index contributed by atoms with van der Waals surface area (Å²) in [6, 6.07) is 6.57. The Hall–Kier alpha value is -2.05. The fourth-order valence-corrected chi connectivity index (χ4v) is 4.16. The highest BCUT2D eigenvalue weighted by Crippen LogP contribution is 2.26. The third-order valence-electron chi connectivity index (χ3n) is 6.20. The Morgan fingerprint density at radius 1 is 1.17 bits per heavy atom. The number of aromatic nitrogens is 1. The maximum atomic E-state index is 5.58. The number of hydrogen-bond acceptors (Lipinski definition) is 3. The molecule has 0 saturated carbocycles. The van der Waals surface area contributed by atoms with Gasteiger partial charge in [0.05, 0.1) is 6.54 Å². The topological polar surface area (TPSA) is 64.7 Å². The van der Waals surface area contributed by atoms with Gasteiger partial charge in [-0.15, -0.1) is 0 Å². The zero-order chi connectivity index (χ0) is 20.7. The summed E-state index contributed by atoms with van der Waals surface area (Å²) < 4.78 is 5.58. The smallest absolute Gasteiger partial charge is 0.191 e. The summed E-state index contributed by atoms with van der Waals surface area (Å²) in [5.41, 5.74) is 4.10. The van der Waals surface area contributed by atoms with E-state index in [1.54, 1.807) is 0 Å². The Labute approximate surface area is 175 Å². The number of nitrogens with zero attached hydrogens (tertiary/aromatic N) is 2. The molecule has 29 heavy (non-hydrogen) atoms. The van der Waals surface area contributed by atoms with Gasteiger partial charge < -0.3 is 25.3 Å². The zero-order valence-corrected chi connectivity index (χ0v) is 18.5. The lowest BCUT2D eigenvalue weighted by Crippen LogP contribution is -2.51. The molecular weight excluding hydrogens is 362 g/mol. The second kappa shape index (κ2) is 10.1. The van der Waals surface area contributed by atoms with E-state index >= 15 is 0 Å². The van der Waals surface area contributed by atoms with Crippen molar-refractivity contribution in [3.8, 4) is 0 Å². The SMILES string of the molecule is CCNC(=NCC1(N(C)C)CCOCC1)NCCc1c[nH]c2c(CC)cccc12. The number of rotatable bonds is 8. The van der Waals surface area contributed by atoms with E-state index < -0.39 is 0 Å². The molecule has 0 amide bonds. The first-order chi connectivity index (χ1) is 14.1. The summed E-state index contributed by atoms with van der Waals surface area (Å²) in [5, 5.41) is 8.25. The highest BCUT2D eigenvalue weighted by molar-refractivity contribution is 5.86. The summed E-state index contributed by atoms with van der Waals surface area (Å²) in [6.45, 7) is 8.44. The number of ether oxygens (including phenoxy) is 1. The number of para-hydroxylation sites is 1. The molecule has 1 aromatic heterocycles. The number of benzene rings is 1. The van der Waals surface area contributed by atoms with Crippen molar-refractivity contribution in [1.29, 1.82) is 0 Å². The highest BCUT2D eigenvalue weighted by Gasteiger charge is 2.34. The molecule has 0 spiro atoms. The quantitative estimate of drug-likeness (QED) is 0.472. The van der Waals surface area contributed by atoms with Crippen LogP contribution in [0.4, 0.5) is 0 Å². The number of aromatic amines is 1. The molecule has 1 aliphatic heterocycles. The van der Waals surface area contributed by atoms with Crippen molar-refractivity contribution in [1.82, 2.24) is 20.5 Å². The Balaban J connectivity index is 1.63. The molecule has 2 aromatic rings. The molecule has 1 fully saturated rings. The largest absolute Gasteiger partial charge is 0.381 e. The normalized spacial score (nSPS) is 17.1. The van der Waals surface area contributed by atoms with E-state index in [4.69, 9.17) is 9.73 Å². The average molecular weight is 400 g/mol. The number of H-pyrrole nitrogens is 1. The molecule has 1 aliphatic rings. The first kappa shape index (κ1) is 21.7. The lowest BCUT2D eigenvalue weighted by atomic mass is 9.89. The number of guanidine groups is 1. The molecule has 3 rings (SSSR count). The van der Waals surface area contributed by atoms with Gasteiger partial charge in [0.15, 0.2) is 5.96 Å². The van der Waals surface area contributed by atoms with Crippen LogP contribution < -0.4 is 10.6 Å². The van der Waals surface area contributed by atoms with Crippen molar-refractivity contribution in [2.75, 3.05) is 46.9 Å². The van der Waals surface area contributed by atoms with Gasteiger partial charge in [-0.05, 0) is 57.8 Å². The molecule has 6 heteroatoms. The minimum atomic E-state index is 0.0913. The van der Waals surface area contributed by atoms with Crippen molar-refractivity contribution in [2.24, 2.45) is 4.99 Å². The molecule has 0 aliphatic carbocycles. The van der Waals surface area contributed by atoms with E-state index in [9.17, 15) is 0 Å². The minimum absolute atomic E-state index is 0.0913. The number of hydrogen-bond donors (Lipinski definition) is 3. The van der Waals surface area contributed by atoms with Crippen LogP contribution in [0.3, 0.4) is 0 Å². The fraction of sp³-hybridized carbons (Fsp3) is 0.609. The van der Waals surface area contributed by atoms with E-state index in [2.05, 4.69) is 72.9 Å². The summed E-state index contributed by atoms with van der Waals surface area (Å²) in [5.74, 6) is 0.898. The predicted octanol–water partition coefficient (Wildman–Crippen LogP) is 2.94. The number of aryl methyl sites for hydroxylation is 1. The maximum absolute atomic E-state index is 5.58. The number of aliphatic imine (C=N–C) groups is 1. The molecule has 160 valence electrons. The van der Waals surface area contributed by atoms with Crippen molar-refractivity contribution in [2.45, 2.75) is 45.1 Å². The number of fused-ring (bicyclic) bond motifs is 1. The molecule has 2 heterocycles. The molecule has 1 aromatic carbocycles. The van der Waals surface area contributed by atoms with E-state index in [1.807, 2.05) is 0 Å². The van der Waals surface area contributed by atoms with Crippen LogP contribution in [0, 0.1) is 0 Å². The van der Waals surface area contributed by atoms with Gasteiger partial charge in [0, 0.05) is 48.9 Å². The van der Waals surface area contributed by atoms with Gasteiger partial charge in [-0.1, -0.05) is 25.1 Å². The van der Waals surface area contributed by atoms with Crippen LogP contribution in [-0.2, 0) is 17.6 Å². The van der Waals surface area contributed by atoms with Gasteiger partial charge in [-0.2, -0.15) is 0 Å². The van der Waals surface area contributed by atoms with Crippen LogP contribution >= 0.6 is 0 Å². The molecule has 3 N–H and O–H groups in total. The lowest BCUT2D eigenvalue weighted by Gasteiger charge is -2.41. The van der Waals surface area contributed by atoms with Crippen LogP contribution in [0.5, 0.6) is 0 Å². The first-order valence-corrected chi connectivity index (χ1v) is 10.9. The van der Waals surface area contributed by atoms with Crippen molar-refractivity contribution >= 4 is 16.9 Å². The van der Waals surface area contributed by atoms with Crippen LogP contribution in [0.2, 0.25) is 0 Å². The molecular formula is C23H37N5O. The minimum Gasteiger partial charge on any atom is -0.381 e. The predicted molar refractivity (Wildman–Crippen MR) is 122 cm³/mol. The lowest BCUT2D eigenvalue weighted by molar-refractivity contribution is -0.00254. The van der Waals surface area contributed by atoms with Gasteiger partial charge in [0.25, 0.3) is 0 Å². The van der Waals surface area contributed by atoms with Crippen LogP contribution in [0.25, 0.3) is 10.9 Å². The highest BCUT2D eigenvalue weighted by atomic mass is 16.5. The van der Waals surface area contributed by atoms with Gasteiger partial charge in [0.1, 0.15) is 0 Å². The third-order valence-corrected chi connectivity index (χ3v) is 6.20. The van der Waals surface area contributed by atoms with Gasteiger partial charge >= 0.3 is 0 Å². The fourth-order valence-electron chi connectivity index (χ4n) is 4.16. The van der Waals surface area contributed by atoms with Gasteiger partial charge in [0.2, 0.25) is 0 Å². The Bertz CT molecular complexity index is 805. The van der Waals surface area contributed by atoms with Gasteiger partial charge in [-0.25, -0.2) is 0 Å². The Morgan fingerprint density at radius 3 is 2.66 bits per heavy atom. The van der Waals surface area contributed by atoms with E-state index in [-0.39, 0.29) is 5.54 Å². The number of nitrogens with one attached hydrogen (secondary N) is 3. The summed E-state index contributed by atoms with van der Waals surface area (Å²) in [6.07, 6.45) is 6.21. The maximum Gasteiger partial charge on any atom is 0.191 e. The monoisotopic (exact) mass is 399 g/mol. The van der Waals surface area contributed by atoms with Crippen molar-refractivity contribution < 1.29 is 4.74 Å². The molecule has 1 saturated heterocycles. The first-order valence-electron chi connectivity index (χ1n) is 10.9. The summed E-state index contributed by atoms with van der Waals surface area (Å²) in [7, 11) is 4.31. The second-order valence-corrected chi connectivity index (χ2v) is 8.11. The van der Waals surface area contributed by atoms with E-state index in [0.29, 0.717) is 0 Å². The van der Waals surface area contributed by atoms with Crippen LogP contribution in [-0.4, -0.2) is 68.3 Å². The van der Waals surface area contributed by atoms with Crippen LogP contribution in [0.15, 0.2) is 29.4 Å². The molecule has 0 bridgehead atoms. The molecule has 0 unspecified atom stereocenters. The molecule has 0 radical (unpaired) electrons. The zero-order valence-electron chi connectivity index (χ0n) is 18.5. The Morgan fingerprint density at radius 2 is 1.97 bits per heavy atom. The standard InChI is InChI=1S/C23H37N5O/c1-5-18-8-7-9-20-19(16-26-21(18)20)10-13-25-22(24-6-2)27-17-23(28(3)4)11-14-29-15-12-23/h7-9,16,26H,5-6,10-15,17H2,1-4H3,(H2,24,25,27). The molecule has 6 nitrogen and oxygen atoms in total. The Kier molecular flexibility index (Phi) is 7.56. The van der Waals surface area contributed by atoms with Crippen molar-refractivity contribution in [3.63, 3.8) is 0 Å². The average Bonchev–Trinajstić information content (AvgIpc) is 3.16. The van der Waals surface area contributed by atoms with Gasteiger partial charge in [-0.3, -0.25) is 4.99 Å². The molecule has 0 atom stereocenters. The summed E-state index contributed by atoms with van der Waals surface area (Å²) >= 11 is 0. The number of likely N-dealkylation sites (N-methyl/N-ethyl adjacent to an activating group) is 1. The van der Waals surface area contributed by atoms with Crippen LogP contribution in [0.1, 0.15) is 37.8 Å². The second-order valence-electron chi connectivity index (χ2n) is 8.11. The van der Waals surface area contributed by atoms with E-state index in [0.717, 1.165) is 64.5 Å². The summed E-state index contributed by atoms with van der Waals surface area (Å²) in [4.78, 5) is 10.7. The third kappa shape index (κ3) is 5.11.